The zero-order valence-electron chi connectivity index (χ0n) is 11.2. The monoisotopic (exact) mass is 251 g/mol. The molecule has 0 aliphatic carbocycles. The Balaban J connectivity index is 1.93. The minimum Gasteiger partial charge on any atom is -0.316 e. The summed E-state index contributed by atoms with van der Waals surface area (Å²) in [5, 5.41) is 3.43. The van der Waals surface area contributed by atoms with E-state index in [9.17, 15) is 4.39 Å². The molecule has 1 N–H and O–H groups in total. The summed E-state index contributed by atoms with van der Waals surface area (Å²) >= 11 is 0. The van der Waals surface area contributed by atoms with Crippen LogP contribution in [-0.4, -0.2) is 36.6 Å². The Morgan fingerprint density at radius 1 is 1.56 bits per heavy atom. The maximum atomic E-state index is 13.2. The van der Waals surface area contributed by atoms with Crippen molar-refractivity contribution in [3.05, 3.63) is 29.8 Å². The van der Waals surface area contributed by atoms with E-state index in [0.29, 0.717) is 5.92 Å². The highest BCUT2D eigenvalue weighted by Crippen LogP contribution is 2.21. The first-order valence-electron chi connectivity index (χ1n) is 6.68. The quantitative estimate of drug-likeness (QED) is 0.889. The van der Waals surface area contributed by atoms with Gasteiger partial charge in [-0.25, -0.2) is 4.39 Å². The van der Waals surface area contributed by atoms with Crippen molar-refractivity contribution < 1.29 is 4.39 Å². The number of aromatic nitrogens is 1. The molecule has 1 saturated heterocycles. The van der Waals surface area contributed by atoms with Crippen LogP contribution in [0, 0.1) is 11.7 Å². The molecule has 1 aromatic heterocycles. The van der Waals surface area contributed by atoms with Crippen molar-refractivity contribution in [3.63, 3.8) is 0 Å². The lowest BCUT2D eigenvalue weighted by Gasteiger charge is -2.31. The van der Waals surface area contributed by atoms with Gasteiger partial charge in [-0.1, -0.05) is 0 Å². The number of nitrogens with zero attached hydrogens (tertiary/aromatic N) is 2. The van der Waals surface area contributed by atoms with Crippen molar-refractivity contribution in [2.24, 2.45) is 5.92 Å². The highest BCUT2D eigenvalue weighted by atomic mass is 19.1. The fourth-order valence-electron chi connectivity index (χ4n) is 2.56. The van der Waals surface area contributed by atoms with Crippen LogP contribution in [0.25, 0.3) is 0 Å². The Morgan fingerprint density at radius 2 is 2.39 bits per heavy atom. The number of pyridine rings is 1. The number of halogens is 1. The van der Waals surface area contributed by atoms with Crippen LogP contribution in [0.5, 0.6) is 0 Å². The van der Waals surface area contributed by atoms with E-state index in [1.165, 1.54) is 19.0 Å². The third-order valence-corrected chi connectivity index (χ3v) is 3.81. The molecular weight excluding hydrogens is 229 g/mol. The molecule has 2 heterocycles. The van der Waals surface area contributed by atoms with Gasteiger partial charge in [0.15, 0.2) is 0 Å². The van der Waals surface area contributed by atoms with Crippen molar-refractivity contribution in [1.29, 1.82) is 0 Å². The van der Waals surface area contributed by atoms with E-state index in [0.717, 1.165) is 25.2 Å². The fraction of sp³-hybridized carbons (Fsp3) is 0.643. The van der Waals surface area contributed by atoms with Gasteiger partial charge in [0.2, 0.25) is 0 Å². The lowest BCUT2D eigenvalue weighted by molar-refractivity contribution is 0.198. The highest BCUT2D eigenvalue weighted by molar-refractivity contribution is 5.14. The lowest BCUT2D eigenvalue weighted by atomic mass is 9.98. The van der Waals surface area contributed by atoms with Crippen molar-refractivity contribution >= 4 is 0 Å². The Morgan fingerprint density at radius 3 is 3.06 bits per heavy atom. The fourth-order valence-corrected chi connectivity index (χ4v) is 2.56. The molecule has 0 spiro atoms. The van der Waals surface area contributed by atoms with Gasteiger partial charge in [0, 0.05) is 18.8 Å². The largest absolute Gasteiger partial charge is 0.316 e. The average Bonchev–Trinajstić information content (AvgIpc) is 2.39. The van der Waals surface area contributed by atoms with E-state index in [4.69, 9.17) is 0 Å². The summed E-state index contributed by atoms with van der Waals surface area (Å²) in [6.07, 6.45) is 5.55. The topological polar surface area (TPSA) is 28.2 Å². The van der Waals surface area contributed by atoms with Crippen LogP contribution in [0.3, 0.4) is 0 Å². The van der Waals surface area contributed by atoms with E-state index in [1.807, 2.05) is 0 Å². The number of hydrogen-bond acceptors (Lipinski definition) is 3. The second-order valence-electron chi connectivity index (χ2n) is 5.26. The molecule has 1 aliphatic rings. The van der Waals surface area contributed by atoms with Crippen molar-refractivity contribution in [2.45, 2.75) is 25.8 Å². The molecule has 3 nitrogen and oxygen atoms in total. The first kappa shape index (κ1) is 13.4. The molecule has 1 aromatic rings. The van der Waals surface area contributed by atoms with Crippen LogP contribution in [0.1, 0.15) is 31.4 Å². The van der Waals surface area contributed by atoms with Crippen LogP contribution < -0.4 is 5.32 Å². The zero-order valence-corrected chi connectivity index (χ0v) is 11.2. The van der Waals surface area contributed by atoms with E-state index in [-0.39, 0.29) is 11.9 Å². The summed E-state index contributed by atoms with van der Waals surface area (Å²) in [6.45, 7) is 5.39. The first-order chi connectivity index (χ1) is 8.66. The Hall–Kier alpha value is -1.00. The van der Waals surface area contributed by atoms with Crippen LogP contribution in [-0.2, 0) is 0 Å². The van der Waals surface area contributed by atoms with Crippen LogP contribution in [0.4, 0.5) is 4.39 Å². The molecule has 1 aliphatic heterocycles. The van der Waals surface area contributed by atoms with Gasteiger partial charge < -0.3 is 5.32 Å². The van der Waals surface area contributed by atoms with E-state index in [2.05, 4.69) is 29.2 Å². The Bertz CT molecular complexity index is 377. The summed E-state index contributed by atoms with van der Waals surface area (Å²) in [7, 11) is 2.10. The average molecular weight is 251 g/mol. The molecule has 0 aromatic carbocycles. The summed E-state index contributed by atoms with van der Waals surface area (Å²) in [5.41, 5.74) is 0.946. The van der Waals surface area contributed by atoms with Crippen molar-refractivity contribution in [1.82, 2.24) is 15.2 Å². The van der Waals surface area contributed by atoms with Gasteiger partial charge in [-0.15, -0.1) is 0 Å². The summed E-state index contributed by atoms with van der Waals surface area (Å²) in [6, 6.07) is 1.78. The lowest BCUT2D eigenvalue weighted by Crippen LogP contribution is -2.37. The minimum atomic E-state index is -0.257. The highest BCUT2D eigenvalue weighted by Gasteiger charge is 2.19. The molecule has 1 fully saturated rings. The molecule has 2 atom stereocenters. The van der Waals surface area contributed by atoms with Gasteiger partial charge in [-0.3, -0.25) is 9.88 Å². The minimum absolute atomic E-state index is 0.204. The Kier molecular flexibility index (Phi) is 4.66. The SMILES string of the molecule is CC(c1cncc(F)c1)N(C)CC1CCCNC1. The standard InChI is InChI=1S/C14H22FN3/c1-11(13-6-14(15)9-17-8-13)18(2)10-12-4-3-5-16-7-12/h6,8-9,11-12,16H,3-5,7,10H2,1-2H3. The van der Waals surface area contributed by atoms with Gasteiger partial charge in [-0.05, 0) is 57.5 Å². The molecule has 18 heavy (non-hydrogen) atoms. The second-order valence-corrected chi connectivity index (χ2v) is 5.26. The van der Waals surface area contributed by atoms with Gasteiger partial charge in [0.1, 0.15) is 5.82 Å². The zero-order chi connectivity index (χ0) is 13.0. The molecule has 0 amide bonds. The van der Waals surface area contributed by atoms with Crippen molar-refractivity contribution in [2.75, 3.05) is 26.7 Å². The van der Waals surface area contributed by atoms with Gasteiger partial charge in [0.05, 0.1) is 6.20 Å². The molecule has 2 rings (SSSR count). The second kappa shape index (κ2) is 6.25. The molecule has 0 bridgehead atoms. The summed E-state index contributed by atoms with van der Waals surface area (Å²) < 4.78 is 13.2. The van der Waals surface area contributed by atoms with Crippen molar-refractivity contribution in [3.8, 4) is 0 Å². The van der Waals surface area contributed by atoms with E-state index < -0.39 is 0 Å². The first-order valence-corrected chi connectivity index (χ1v) is 6.68. The molecule has 0 saturated carbocycles. The van der Waals surface area contributed by atoms with Gasteiger partial charge >= 0.3 is 0 Å². The number of piperidine rings is 1. The Labute approximate surface area is 108 Å². The summed E-state index contributed by atoms with van der Waals surface area (Å²) in [4.78, 5) is 6.21. The number of nitrogens with one attached hydrogen (secondary N) is 1. The molecule has 4 heteroatoms. The van der Waals surface area contributed by atoms with Gasteiger partial charge in [-0.2, -0.15) is 0 Å². The molecule has 2 unspecified atom stereocenters. The van der Waals surface area contributed by atoms with Crippen LogP contribution in [0.15, 0.2) is 18.5 Å². The summed E-state index contributed by atoms with van der Waals surface area (Å²) in [5.74, 6) is 0.444. The predicted molar refractivity (Wildman–Crippen MR) is 70.8 cm³/mol. The maximum Gasteiger partial charge on any atom is 0.141 e. The molecular formula is C14H22FN3. The molecule has 0 radical (unpaired) electrons. The number of rotatable bonds is 4. The predicted octanol–water partition coefficient (Wildman–Crippen LogP) is 2.21. The maximum absolute atomic E-state index is 13.2. The van der Waals surface area contributed by atoms with Crippen LogP contribution >= 0.6 is 0 Å². The van der Waals surface area contributed by atoms with E-state index >= 15 is 0 Å². The van der Waals surface area contributed by atoms with Crippen LogP contribution in [0.2, 0.25) is 0 Å². The van der Waals surface area contributed by atoms with Gasteiger partial charge in [0.25, 0.3) is 0 Å². The third-order valence-electron chi connectivity index (χ3n) is 3.81. The third kappa shape index (κ3) is 3.50. The normalized spacial score (nSPS) is 22.1. The molecule has 100 valence electrons. The smallest absolute Gasteiger partial charge is 0.141 e. The van der Waals surface area contributed by atoms with E-state index in [1.54, 1.807) is 12.3 Å². The number of hydrogen-bond donors (Lipinski definition) is 1.